The van der Waals surface area contributed by atoms with Crippen LogP contribution in [0.1, 0.15) is 25.7 Å². The lowest BCUT2D eigenvalue weighted by molar-refractivity contribution is 0.262. The molecule has 3 N–H and O–H groups in total. The molecule has 0 unspecified atom stereocenters. The van der Waals surface area contributed by atoms with Gasteiger partial charge in [0.05, 0.1) is 18.5 Å². The van der Waals surface area contributed by atoms with E-state index in [1.54, 1.807) is 24.3 Å². The maximum Gasteiger partial charge on any atom is 0.362 e. The molecule has 0 bridgehead atoms. The molecule has 0 aliphatic heterocycles. The van der Waals surface area contributed by atoms with Crippen molar-refractivity contribution in [1.29, 1.82) is 0 Å². The number of hydrogen-bond donors (Lipinski definition) is 3. The lowest BCUT2D eigenvalue weighted by Crippen LogP contribution is -2.26. The topological polar surface area (TPSA) is 92.6 Å². The monoisotopic (exact) mass is 393 g/mol. The van der Waals surface area contributed by atoms with E-state index in [0.717, 1.165) is 31.1 Å². The van der Waals surface area contributed by atoms with Gasteiger partial charge in [0.1, 0.15) is 11.3 Å². The highest BCUT2D eigenvalue weighted by Crippen LogP contribution is 2.32. The highest BCUT2D eigenvalue weighted by molar-refractivity contribution is 6.06. The van der Waals surface area contributed by atoms with Crippen LogP contribution in [-0.2, 0) is 0 Å². The Bertz CT molecular complexity index is 1090. The molecule has 4 rings (SSSR count). The Hall–Kier alpha value is -3.48. The van der Waals surface area contributed by atoms with Crippen LogP contribution in [0.15, 0.2) is 57.7 Å². The van der Waals surface area contributed by atoms with Crippen LogP contribution in [0.3, 0.4) is 0 Å². The number of benzene rings is 2. The molecule has 1 saturated carbocycles. The van der Waals surface area contributed by atoms with Crippen molar-refractivity contribution in [3.8, 4) is 5.75 Å². The summed E-state index contributed by atoms with van der Waals surface area (Å²) in [5, 5.41) is 9.61. The molecule has 0 radical (unpaired) electrons. The van der Waals surface area contributed by atoms with Crippen molar-refractivity contribution < 1.29 is 13.9 Å². The number of rotatable bonds is 5. The number of methoxy groups -OCH3 is 1. The number of hydrogen-bond acceptors (Lipinski definition) is 5. The lowest BCUT2D eigenvalue weighted by atomic mass is 10.1. The molecule has 29 heavy (non-hydrogen) atoms. The van der Waals surface area contributed by atoms with Gasteiger partial charge in [-0.3, -0.25) is 5.32 Å². The predicted molar refractivity (Wildman–Crippen MR) is 114 cm³/mol. The number of anilines is 3. The van der Waals surface area contributed by atoms with Gasteiger partial charge in [0.25, 0.3) is 0 Å². The Morgan fingerprint density at radius 2 is 1.72 bits per heavy atom. The number of amides is 2. The quantitative estimate of drug-likeness (QED) is 0.542. The molecule has 150 valence electrons. The molecule has 2 aromatic carbocycles. The summed E-state index contributed by atoms with van der Waals surface area (Å²) in [6, 6.07) is 14.1. The van der Waals surface area contributed by atoms with Crippen molar-refractivity contribution in [1.82, 2.24) is 0 Å². The van der Waals surface area contributed by atoms with Gasteiger partial charge in [0, 0.05) is 11.4 Å². The third-order valence-electron chi connectivity index (χ3n) is 5.11. The summed E-state index contributed by atoms with van der Waals surface area (Å²) in [4.78, 5) is 25.3. The Balaban J connectivity index is 1.67. The van der Waals surface area contributed by atoms with Crippen LogP contribution in [0.25, 0.3) is 11.0 Å². The first kappa shape index (κ1) is 18.9. The Morgan fingerprint density at radius 1 is 1.00 bits per heavy atom. The molecule has 1 heterocycles. The average Bonchev–Trinajstić information content (AvgIpc) is 3.24. The van der Waals surface area contributed by atoms with E-state index in [1.165, 1.54) is 7.11 Å². The molecule has 0 atom stereocenters. The van der Waals surface area contributed by atoms with Crippen molar-refractivity contribution in [2.45, 2.75) is 31.7 Å². The largest absolute Gasteiger partial charge is 0.495 e. The summed E-state index contributed by atoms with van der Waals surface area (Å²) in [5.41, 5.74) is 1.08. The van der Waals surface area contributed by atoms with E-state index in [2.05, 4.69) is 16.0 Å². The van der Waals surface area contributed by atoms with Crippen molar-refractivity contribution in [3.63, 3.8) is 0 Å². The highest BCUT2D eigenvalue weighted by atomic mass is 16.5. The summed E-state index contributed by atoms with van der Waals surface area (Å²) in [5.74, 6) is 0.525. The summed E-state index contributed by atoms with van der Waals surface area (Å²) in [6.45, 7) is 0. The smallest absolute Gasteiger partial charge is 0.362 e. The van der Waals surface area contributed by atoms with Gasteiger partial charge in [-0.05, 0) is 37.1 Å². The van der Waals surface area contributed by atoms with Gasteiger partial charge < -0.3 is 19.8 Å². The predicted octanol–water partition coefficient (Wildman–Crippen LogP) is 4.80. The molecule has 0 saturated heterocycles. The normalized spacial score (nSPS) is 14.0. The van der Waals surface area contributed by atoms with Gasteiger partial charge in [-0.1, -0.05) is 37.1 Å². The lowest BCUT2D eigenvalue weighted by Gasteiger charge is -2.19. The zero-order chi connectivity index (χ0) is 20.2. The van der Waals surface area contributed by atoms with Gasteiger partial charge in [-0.2, -0.15) is 0 Å². The molecule has 2 amide bonds. The molecule has 7 heteroatoms. The van der Waals surface area contributed by atoms with Crippen molar-refractivity contribution >= 4 is 34.1 Å². The molecule has 1 aliphatic rings. The van der Waals surface area contributed by atoms with Crippen LogP contribution >= 0.6 is 0 Å². The van der Waals surface area contributed by atoms with Gasteiger partial charge in [-0.15, -0.1) is 0 Å². The molecule has 1 aliphatic carbocycles. The fraction of sp³-hybridized carbons (Fsp3) is 0.273. The average molecular weight is 393 g/mol. The van der Waals surface area contributed by atoms with E-state index < -0.39 is 11.7 Å². The second kappa shape index (κ2) is 8.26. The third kappa shape index (κ3) is 4.03. The summed E-state index contributed by atoms with van der Waals surface area (Å²) >= 11 is 0. The van der Waals surface area contributed by atoms with Crippen LogP contribution in [0.2, 0.25) is 0 Å². The first-order chi connectivity index (χ1) is 14.2. The number of para-hydroxylation sites is 3. The molecular weight excluding hydrogens is 370 g/mol. The molecule has 1 aromatic heterocycles. The van der Waals surface area contributed by atoms with Crippen molar-refractivity contribution in [3.05, 3.63) is 59.0 Å². The second-order valence-electron chi connectivity index (χ2n) is 7.04. The Kier molecular flexibility index (Phi) is 5.37. The van der Waals surface area contributed by atoms with Gasteiger partial charge in [0.2, 0.25) is 0 Å². The molecule has 3 aromatic rings. The maximum atomic E-state index is 12.7. The standard InChI is InChI=1S/C22H23N3O4/c1-28-18-13-7-5-11-16(18)24-22(27)25-20-19(23-14-8-2-3-9-14)15-10-4-6-12-17(15)29-21(20)26/h4-7,10-14,23H,2-3,8-9H2,1H3,(H2,24,25,27). The zero-order valence-electron chi connectivity index (χ0n) is 16.2. The second-order valence-corrected chi connectivity index (χ2v) is 7.04. The van der Waals surface area contributed by atoms with Gasteiger partial charge in [0.15, 0.2) is 5.69 Å². The summed E-state index contributed by atoms with van der Waals surface area (Å²) in [6.07, 6.45) is 4.35. The van der Waals surface area contributed by atoms with Crippen molar-refractivity contribution in [2.75, 3.05) is 23.1 Å². The highest BCUT2D eigenvalue weighted by Gasteiger charge is 2.22. The minimum Gasteiger partial charge on any atom is -0.495 e. The van der Waals surface area contributed by atoms with E-state index in [-0.39, 0.29) is 11.7 Å². The van der Waals surface area contributed by atoms with Crippen LogP contribution < -0.4 is 26.3 Å². The number of nitrogens with one attached hydrogen (secondary N) is 3. The molecule has 7 nitrogen and oxygen atoms in total. The number of carbonyl (C=O) groups excluding carboxylic acids is 1. The van der Waals surface area contributed by atoms with Crippen LogP contribution in [0.4, 0.5) is 21.9 Å². The minimum absolute atomic E-state index is 0.1000. The van der Waals surface area contributed by atoms with E-state index in [1.807, 2.05) is 24.3 Å². The van der Waals surface area contributed by atoms with E-state index in [9.17, 15) is 9.59 Å². The zero-order valence-corrected chi connectivity index (χ0v) is 16.2. The van der Waals surface area contributed by atoms with Gasteiger partial charge >= 0.3 is 11.7 Å². The van der Waals surface area contributed by atoms with Gasteiger partial charge in [-0.25, -0.2) is 9.59 Å². The molecule has 1 fully saturated rings. The summed E-state index contributed by atoms with van der Waals surface area (Å²) in [7, 11) is 1.53. The maximum absolute atomic E-state index is 12.7. The SMILES string of the molecule is COc1ccccc1NC(=O)Nc1c(NC2CCCC2)c2ccccc2oc1=O. The van der Waals surface area contributed by atoms with Crippen molar-refractivity contribution in [2.24, 2.45) is 0 Å². The number of fused-ring (bicyclic) bond motifs is 1. The van der Waals surface area contributed by atoms with E-state index >= 15 is 0 Å². The molecular formula is C22H23N3O4. The Morgan fingerprint density at radius 3 is 2.52 bits per heavy atom. The first-order valence-corrected chi connectivity index (χ1v) is 9.69. The van der Waals surface area contributed by atoms with Crippen LogP contribution in [-0.4, -0.2) is 19.2 Å². The first-order valence-electron chi connectivity index (χ1n) is 9.69. The van der Waals surface area contributed by atoms with Crippen LogP contribution in [0, 0.1) is 0 Å². The number of urea groups is 1. The Labute approximate surface area is 168 Å². The fourth-order valence-corrected chi connectivity index (χ4v) is 3.70. The third-order valence-corrected chi connectivity index (χ3v) is 5.11. The number of ether oxygens (including phenoxy) is 1. The minimum atomic E-state index is -0.598. The fourth-order valence-electron chi connectivity index (χ4n) is 3.70. The van der Waals surface area contributed by atoms with Crippen LogP contribution in [0.5, 0.6) is 5.75 Å². The summed E-state index contributed by atoms with van der Waals surface area (Å²) < 4.78 is 10.7. The molecule has 0 spiro atoms. The number of carbonyl (C=O) groups is 1. The van der Waals surface area contributed by atoms with E-state index in [4.69, 9.17) is 9.15 Å². The van der Waals surface area contributed by atoms with E-state index in [0.29, 0.717) is 22.7 Å².